The molecule has 1 aromatic heterocycles. The highest BCUT2D eigenvalue weighted by molar-refractivity contribution is 5.83. The Morgan fingerprint density at radius 2 is 2.00 bits per heavy atom. The normalized spacial score (nSPS) is 22.9. The number of aromatic nitrogens is 1. The maximum Gasteiger partial charge on any atom is 0.255 e. The number of aryl methyl sites for hydroxylation is 1. The number of hydrogen-bond donors (Lipinski definition) is 2. The van der Waals surface area contributed by atoms with E-state index in [1.54, 1.807) is 6.20 Å². The van der Waals surface area contributed by atoms with Crippen LogP contribution in [0.1, 0.15) is 31.2 Å². The molecule has 4 heteroatoms. The van der Waals surface area contributed by atoms with Crippen LogP contribution in [0.15, 0.2) is 29.2 Å². The maximum absolute atomic E-state index is 11.8. The fourth-order valence-corrected chi connectivity index (χ4v) is 2.84. The smallest absolute Gasteiger partial charge is 0.255 e. The molecule has 3 N–H and O–H groups in total. The number of hydrogen-bond acceptors (Lipinski definition) is 3. The minimum atomic E-state index is -0.0548. The van der Waals surface area contributed by atoms with Gasteiger partial charge in [0, 0.05) is 17.6 Å². The van der Waals surface area contributed by atoms with Gasteiger partial charge < -0.3 is 15.5 Å². The molecule has 1 aliphatic rings. The summed E-state index contributed by atoms with van der Waals surface area (Å²) >= 11 is 0. The third kappa shape index (κ3) is 2.56. The molecule has 0 bridgehead atoms. The molecule has 20 heavy (non-hydrogen) atoms. The first kappa shape index (κ1) is 13.2. The van der Waals surface area contributed by atoms with Crippen LogP contribution in [-0.2, 0) is 0 Å². The number of H-pyrrole nitrogens is 1. The van der Waals surface area contributed by atoms with E-state index in [2.05, 4.69) is 4.98 Å². The number of pyridine rings is 1. The number of ether oxygens (including phenoxy) is 1. The van der Waals surface area contributed by atoms with Crippen molar-refractivity contribution in [1.82, 2.24) is 4.98 Å². The molecule has 1 heterocycles. The van der Waals surface area contributed by atoms with Crippen molar-refractivity contribution in [1.29, 1.82) is 0 Å². The van der Waals surface area contributed by atoms with Gasteiger partial charge in [0.1, 0.15) is 5.75 Å². The number of fused-ring (bicyclic) bond motifs is 1. The van der Waals surface area contributed by atoms with Crippen LogP contribution in [0.25, 0.3) is 10.8 Å². The highest BCUT2D eigenvalue weighted by atomic mass is 16.5. The zero-order chi connectivity index (χ0) is 14.1. The average Bonchev–Trinajstić information content (AvgIpc) is 2.43. The van der Waals surface area contributed by atoms with Crippen molar-refractivity contribution in [3.8, 4) is 5.75 Å². The molecule has 1 fully saturated rings. The highest BCUT2D eigenvalue weighted by Crippen LogP contribution is 2.28. The van der Waals surface area contributed by atoms with Gasteiger partial charge in [-0.05, 0) is 61.8 Å². The van der Waals surface area contributed by atoms with E-state index in [1.165, 1.54) is 0 Å². The molecule has 1 aromatic carbocycles. The Labute approximate surface area is 117 Å². The van der Waals surface area contributed by atoms with E-state index in [9.17, 15) is 4.79 Å². The van der Waals surface area contributed by atoms with Crippen LogP contribution in [0.2, 0.25) is 0 Å². The first-order valence-corrected chi connectivity index (χ1v) is 7.18. The van der Waals surface area contributed by atoms with Crippen LogP contribution in [-0.4, -0.2) is 17.1 Å². The predicted octanol–water partition coefficient (Wildman–Crippen LogP) is 2.49. The van der Waals surface area contributed by atoms with E-state index in [0.717, 1.165) is 42.4 Å². The zero-order valence-electron chi connectivity index (χ0n) is 11.7. The summed E-state index contributed by atoms with van der Waals surface area (Å²) in [6.07, 6.45) is 5.98. The van der Waals surface area contributed by atoms with Crippen molar-refractivity contribution in [3.63, 3.8) is 0 Å². The van der Waals surface area contributed by atoms with Crippen LogP contribution < -0.4 is 16.0 Å². The standard InChI is InChI=1S/C16H20N2O2/c1-10-8-14-11(6-7-18-16(14)19)9-15(10)20-13-4-2-12(17)3-5-13/h6-9,12-13H,2-5,17H2,1H3,(H,18,19)/t12-,13-. The molecule has 4 nitrogen and oxygen atoms in total. The largest absolute Gasteiger partial charge is 0.490 e. The van der Waals surface area contributed by atoms with E-state index >= 15 is 0 Å². The summed E-state index contributed by atoms with van der Waals surface area (Å²) < 4.78 is 6.11. The summed E-state index contributed by atoms with van der Waals surface area (Å²) in [7, 11) is 0. The summed E-state index contributed by atoms with van der Waals surface area (Å²) in [6.45, 7) is 1.98. The van der Waals surface area contributed by atoms with Gasteiger partial charge in [-0.2, -0.15) is 0 Å². The minimum absolute atomic E-state index is 0.0548. The van der Waals surface area contributed by atoms with Gasteiger partial charge in [-0.15, -0.1) is 0 Å². The lowest BCUT2D eigenvalue weighted by atomic mass is 9.93. The van der Waals surface area contributed by atoms with E-state index in [1.807, 2.05) is 25.1 Å². The molecule has 0 aliphatic heterocycles. The monoisotopic (exact) mass is 272 g/mol. The van der Waals surface area contributed by atoms with Gasteiger partial charge in [0.05, 0.1) is 6.10 Å². The molecular formula is C16H20N2O2. The van der Waals surface area contributed by atoms with E-state index in [0.29, 0.717) is 11.4 Å². The Morgan fingerprint density at radius 1 is 1.25 bits per heavy atom. The Bertz CT molecular complexity index is 670. The molecule has 0 amide bonds. The van der Waals surface area contributed by atoms with Gasteiger partial charge in [0.25, 0.3) is 5.56 Å². The lowest BCUT2D eigenvalue weighted by Gasteiger charge is -2.27. The molecular weight excluding hydrogens is 252 g/mol. The topological polar surface area (TPSA) is 68.1 Å². The minimum Gasteiger partial charge on any atom is -0.490 e. The molecule has 0 unspecified atom stereocenters. The lowest BCUT2D eigenvalue weighted by molar-refractivity contribution is 0.146. The third-order valence-corrected chi connectivity index (χ3v) is 4.08. The van der Waals surface area contributed by atoms with Crippen molar-refractivity contribution >= 4 is 10.8 Å². The van der Waals surface area contributed by atoms with Gasteiger partial charge in [0.2, 0.25) is 0 Å². The van der Waals surface area contributed by atoms with Gasteiger partial charge in [-0.1, -0.05) is 0 Å². The summed E-state index contributed by atoms with van der Waals surface area (Å²) in [5, 5.41) is 1.63. The average molecular weight is 272 g/mol. The summed E-state index contributed by atoms with van der Waals surface area (Å²) in [6, 6.07) is 6.10. The molecule has 0 atom stereocenters. The zero-order valence-corrected chi connectivity index (χ0v) is 11.7. The molecule has 0 radical (unpaired) electrons. The Morgan fingerprint density at radius 3 is 2.75 bits per heavy atom. The quantitative estimate of drug-likeness (QED) is 0.882. The number of benzene rings is 1. The Hall–Kier alpha value is -1.81. The summed E-state index contributed by atoms with van der Waals surface area (Å²) in [4.78, 5) is 14.5. The van der Waals surface area contributed by atoms with Gasteiger partial charge >= 0.3 is 0 Å². The number of rotatable bonds is 2. The van der Waals surface area contributed by atoms with E-state index in [4.69, 9.17) is 10.5 Å². The van der Waals surface area contributed by atoms with Crippen LogP contribution in [0.5, 0.6) is 5.75 Å². The number of nitrogens with one attached hydrogen (secondary N) is 1. The first-order valence-electron chi connectivity index (χ1n) is 7.18. The second kappa shape index (κ2) is 5.29. The Balaban J connectivity index is 1.88. The van der Waals surface area contributed by atoms with Crippen LogP contribution in [0.3, 0.4) is 0 Å². The number of nitrogens with two attached hydrogens (primary N) is 1. The summed E-state index contributed by atoms with van der Waals surface area (Å²) in [5.41, 5.74) is 6.87. The van der Waals surface area contributed by atoms with Crippen molar-refractivity contribution in [2.45, 2.75) is 44.8 Å². The van der Waals surface area contributed by atoms with Crippen molar-refractivity contribution < 1.29 is 4.74 Å². The van der Waals surface area contributed by atoms with Gasteiger partial charge in [0.15, 0.2) is 0 Å². The van der Waals surface area contributed by atoms with Crippen molar-refractivity contribution in [2.75, 3.05) is 0 Å². The fourth-order valence-electron chi connectivity index (χ4n) is 2.84. The molecule has 2 aromatic rings. The Kier molecular flexibility index (Phi) is 3.49. The predicted molar refractivity (Wildman–Crippen MR) is 80.2 cm³/mol. The first-order chi connectivity index (χ1) is 9.63. The lowest BCUT2D eigenvalue weighted by Crippen LogP contribution is -2.31. The highest BCUT2D eigenvalue weighted by Gasteiger charge is 2.20. The van der Waals surface area contributed by atoms with Crippen LogP contribution in [0, 0.1) is 6.92 Å². The van der Waals surface area contributed by atoms with Gasteiger partial charge in [-0.3, -0.25) is 4.79 Å². The van der Waals surface area contributed by atoms with Crippen LogP contribution in [0.4, 0.5) is 0 Å². The van der Waals surface area contributed by atoms with E-state index in [-0.39, 0.29) is 11.7 Å². The SMILES string of the molecule is Cc1cc2c(=O)[nH]ccc2cc1O[C@H]1CC[C@H](N)CC1. The second-order valence-corrected chi connectivity index (χ2v) is 5.67. The molecule has 1 saturated carbocycles. The van der Waals surface area contributed by atoms with E-state index < -0.39 is 0 Å². The molecule has 1 aliphatic carbocycles. The second-order valence-electron chi connectivity index (χ2n) is 5.67. The summed E-state index contributed by atoms with van der Waals surface area (Å²) in [5.74, 6) is 0.878. The molecule has 106 valence electrons. The third-order valence-electron chi connectivity index (χ3n) is 4.08. The molecule has 0 saturated heterocycles. The van der Waals surface area contributed by atoms with Crippen molar-refractivity contribution in [3.05, 3.63) is 40.3 Å². The van der Waals surface area contributed by atoms with Crippen molar-refractivity contribution in [2.24, 2.45) is 5.73 Å². The fraction of sp³-hybridized carbons (Fsp3) is 0.438. The van der Waals surface area contributed by atoms with Gasteiger partial charge in [-0.25, -0.2) is 0 Å². The molecule has 3 rings (SSSR count). The maximum atomic E-state index is 11.8. The number of aromatic amines is 1. The molecule has 0 spiro atoms. The van der Waals surface area contributed by atoms with Crippen LogP contribution >= 0.6 is 0 Å².